The lowest BCUT2D eigenvalue weighted by atomic mass is 10.2. The molecule has 10 nitrogen and oxygen atoms in total. The first-order valence-electron chi connectivity index (χ1n) is 12.0. The maximum atomic E-state index is 11.8. The molecule has 2 aromatic carbocycles. The number of carbonyl (C=O) groups excluding carboxylic acids is 2. The normalized spacial score (nSPS) is 13.8. The number of nitrogens with one attached hydrogen (secondary N) is 2. The van der Waals surface area contributed by atoms with Crippen molar-refractivity contribution in [3.8, 4) is 0 Å². The van der Waals surface area contributed by atoms with E-state index in [4.69, 9.17) is 10.5 Å². The number of primary amides is 1. The Morgan fingerprint density at radius 3 is 2.42 bits per heavy atom. The minimum Gasteiger partial charge on any atom is -0.465 e. The second-order valence-electron chi connectivity index (χ2n) is 8.40. The molecule has 1 aromatic heterocycles. The number of esters is 1. The van der Waals surface area contributed by atoms with E-state index in [1.807, 2.05) is 61.5 Å². The van der Waals surface area contributed by atoms with E-state index in [0.717, 1.165) is 43.1 Å². The number of hydrogen-bond acceptors (Lipinski definition) is 9. The second-order valence-corrected chi connectivity index (χ2v) is 8.40. The van der Waals surface area contributed by atoms with Crippen molar-refractivity contribution in [3.05, 3.63) is 71.9 Å². The average molecular weight is 490 g/mol. The van der Waals surface area contributed by atoms with Crippen LogP contribution in [0.2, 0.25) is 0 Å². The minimum absolute atomic E-state index is 0.175. The first-order valence-corrected chi connectivity index (χ1v) is 12.0. The summed E-state index contributed by atoms with van der Waals surface area (Å²) >= 11 is 0. The van der Waals surface area contributed by atoms with Crippen molar-refractivity contribution in [2.45, 2.75) is 13.5 Å². The Morgan fingerprint density at radius 2 is 1.75 bits per heavy atom. The number of aromatic nitrogens is 2. The second kappa shape index (κ2) is 12.0. The minimum atomic E-state index is -0.594. The Labute approximate surface area is 210 Å². The Kier molecular flexibility index (Phi) is 8.30. The fourth-order valence-electron chi connectivity index (χ4n) is 3.98. The van der Waals surface area contributed by atoms with Crippen LogP contribution in [0, 0.1) is 0 Å². The highest BCUT2D eigenvalue weighted by Gasteiger charge is 2.20. The molecule has 0 bridgehead atoms. The number of nitrogens with two attached hydrogens (primary N) is 1. The molecule has 4 rings (SSSR count). The predicted molar refractivity (Wildman–Crippen MR) is 139 cm³/mol. The number of benzene rings is 2. The van der Waals surface area contributed by atoms with Gasteiger partial charge in [0, 0.05) is 50.3 Å². The van der Waals surface area contributed by atoms with Crippen LogP contribution in [-0.2, 0) is 16.1 Å². The van der Waals surface area contributed by atoms with Crippen LogP contribution in [0.5, 0.6) is 0 Å². The van der Waals surface area contributed by atoms with Crippen LogP contribution in [0.1, 0.15) is 22.8 Å². The quantitative estimate of drug-likeness (QED) is 0.368. The molecule has 1 aliphatic heterocycles. The number of anilines is 4. The van der Waals surface area contributed by atoms with Crippen molar-refractivity contribution in [2.75, 3.05) is 54.9 Å². The molecular weight excluding hydrogens is 458 g/mol. The van der Waals surface area contributed by atoms with E-state index < -0.39 is 5.91 Å². The van der Waals surface area contributed by atoms with Crippen LogP contribution < -0.4 is 21.3 Å². The summed E-state index contributed by atoms with van der Waals surface area (Å²) in [6.45, 7) is 6.33. The van der Waals surface area contributed by atoms with E-state index >= 15 is 0 Å². The van der Waals surface area contributed by atoms with Crippen LogP contribution in [0.3, 0.4) is 0 Å². The SMILES string of the molecule is CCOC(=O)CN1CCN(c2ccc(Nc3ncc(C(N)=O)c(NCc4ccccc4)n3)cc2)CC1. The largest absolute Gasteiger partial charge is 0.465 e. The van der Waals surface area contributed by atoms with Gasteiger partial charge in [-0.25, -0.2) is 4.98 Å². The van der Waals surface area contributed by atoms with Gasteiger partial charge in [-0.05, 0) is 36.8 Å². The van der Waals surface area contributed by atoms with Crippen LogP contribution in [0.25, 0.3) is 0 Å². The molecule has 0 aliphatic carbocycles. The van der Waals surface area contributed by atoms with Gasteiger partial charge in [-0.2, -0.15) is 4.98 Å². The van der Waals surface area contributed by atoms with E-state index in [9.17, 15) is 9.59 Å². The van der Waals surface area contributed by atoms with Crippen molar-refractivity contribution in [2.24, 2.45) is 5.73 Å². The van der Waals surface area contributed by atoms with Crippen molar-refractivity contribution in [3.63, 3.8) is 0 Å². The molecule has 1 fully saturated rings. The van der Waals surface area contributed by atoms with Gasteiger partial charge in [0.25, 0.3) is 5.91 Å². The van der Waals surface area contributed by atoms with Gasteiger partial charge in [-0.15, -0.1) is 0 Å². The smallest absolute Gasteiger partial charge is 0.320 e. The van der Waals surface area contributed by atoms with Crippen molar-refractivity contribution in [1.29, 1.82) is 0 Å². The highest BCUT2D eigenvalue weighted by atomic mass is 16.5. The van der Waals surface area contributed by atoms with E-state index in [1.54, 1.807) is 0 Å². The number of amides is 1. The fraction of sp³-hybridized carbons (Fsp3) is 0.308. The van der Waals surface area contributed by atoms with Crippen molar-refractivity contribution >= 4 is 35.0 Å². The standard InChI is InChI=1S/C26H31N7O3/c1-2-36-23(34)18-32-12-14-33(15-13-32)21-10-8-20(9-11-21)30-26-29-17-22(24(27)35)25(31-26)28-16-19-6-4-3-5-7-19/h3-11,17H,2,12-16,18H2,1H3,(H2,27,35)(H2,28,29,30,31). The Morgan fingerprint density at radius 1 is 1.03 bits per heavy atom. The fourth-order valence-corrected chi connectivity index (χ4v) is 3.98. The first-order chi connectivity index (χ1) is 17.5. The molecule has 10 heteroatoms. The van der Waals surface area contributed by atoms with Gasteiger partial charge in [-0.3, -0.25) is 14.5 Å². The van der Waals surface area contributed by atoms with Gasteiger partial charge in [-0.1, -0.05) is 30.3 Å². The maximum absolute atomic E-state index is 11.8. The third kappa shape index (κ3) is 6.70. The Balaban J connectivity index is 1.36. The van der Waals surface area contributed by atoms with Gasteiger partial charge in [0.05, 0.1) is 18.7 Å². The number of ether oxygens (including phenoxy) is 1. The molecule has 1 saturated heterocycles. The summed E-state index contributed by atoms with van der Waals surface area (Å²) in [5.41, 5.74) is 8.72. The Hall–Kier alpha value is -4.18. The molecule has 188 valence electrons. The monoisotopic (exact) mass is 489 g/mol. The van der Waals surface area contributed by atoms with Gasteiger partial charge in [0.15, 0.2) is 0 Å². The number of piperazine rings is 1. The highest BCUT2D eigenvalue weighted by molar-refractivity contribution is 5.97. The predicted octanol–water partition coefficient (Wildman–Crippen LogP) is 2.62. The van der Waals surface area contributed by atoms with Gasteiger partial charge < -0.3 is 26.0 Å². The summed E-state index contributed by atoms with van der Waals surface area (Å²) in [6.07, 6.45) is 1.43. The highest BCUT2D eigenvalue weighted by Crippen LogP contribution is 2.22. The first kappa shape index (κ1) is 24.9. The molecule has 36 heavy (non-hydrogen) atoms. The van der Waals surface area contributed by atoms with Crippen LogP contribution in [0.4, 0.5) is 23.1 Å². The van der Waals surface area contributed by atoms with E-state index in [-0.39, 0.29) is 11.5 Å². The lowest BCUT2D eigenvalue weighted by Gasteiger charge is -2.35. The average Bonchev–Trinajstić information content (AvgIpc) is 2.89. The summed E-state index contributed by atoms with van der Waals surface area (Å²) in [5, 5.41) is 6.37. The van der Waals surface area contributed by atoms with E-state index in [0.29, 0.717) is 31.5 Å². The molecule has 0 unspecified atom stereocenters. The lowest BCUT2D eigenvalue weighted by molar-refractivity contribution is -0.144. The third-order valence-electron chi connectivity index (χ3n) is 5.88. The lowest BCUT2D eigenvalue weighted by Crippen LogP contribution is -2.48. The van der Waals surface area contributed by atoms with Gasteiger partial charge in [0.1, 0.15) is 5.82 Å². The Bertz CT molecular complexity index is 1160. The van der Waals surface area contributed by atoms with E-state index in [1.165, 1.54) is 6.20 Å². The number of nitrogens with zero attached hydrogens (tertiary/aromatic N) is 4. The zero-order valence-electron chi connectivity index (χ0n) is 20.3. The molecule has 0 saturated carbocycles. The van der Waals surface area contributed by atoms with Crippen molar-refractivity contribution < 1.29 is 14.3 Å². The molecule has 4 N–H and O–H groups in total. The topological polar surface area (TPSA) is 126 Å². The molecule has 1 aliphatic rings. The zero-order chi connectivity index (χ0) is 25.3. The molecule has 0 spiro atoms. The third-order valence-corrected chi connectivity index (χ3v) is 5.88. The summed E-state index contributed by atoms with van der Waals surface area (Å²) in [6, 6.07) is 17.8. The van der Waals surface area contributed by atoms with Crippen LogP contribution in [-0.4, -0.2) is 66.1 Å². The molecular formula is C26H31N7O3. The van der Waals surface area contributed by atoms with Crippen LogP contribution in [0.15, 0.2) is 60.8 Å². The summed E-state index contributed by atoms with van der Waals surface area (Å²) in [4.78, 5) is 36.7. The van der Waals surface area contributed by atoms with Gasteiger partial charge >= 0.3 is 5.97 Å². The van der Waals surface area contributed by atoms with Gasteiger partial charge in [0.2, 0.25) is 5.95 Å². The molecule has 0 radical (unpaired) electrons. The molecule has 3 aromatic rings. The van der Waals surface area contributed by atoms with E-state index in [2.05, 4.69) is 30.4 Å². The molecule has 1 amide bonds. The summed E-state index contributed by atoms with van der Waals surface area (Å²) in [7, 11) is 0. The summed E-state index contributed by atoms with van der Waals surface area (Å²) < 4.78 is 5.04. The number of hydrogen-bond donors (Lipinski definition) is 3. The van der Waals surface area contributed by atoms with Crippen molar-refractivity contribution in [1.82, 2.24) is 14.9 Å². The zero-order valence-corrected chi connectivity index (χ0v) is 20.3. The molecule has 0 atom stereocenters. The number of rotatable bonds is 10. The maximum Gasteiger partial charge on any atom is 0.320 e. The van der Waals surface area contributed by atoms with Crippen LogP contribution >= 0.6 is 0 Å². The number of carbonyl (C=O) groups is 2. The molecule has 2 heterocycles. The summed E-state index contributed by atoms with van der Waals surface area (Å²) in [5.74, 6) is -0.0354.